The zero-order chi connectivity index (χ0) is 22.4. The van der Waals surface area contributed by atoms with E-state index < -0.39 is 11.7 Å². The van der Waals surface area contributed by atoms with Crippen molar-refractivity contribution in [1.29, 1.82) is 0 Å². The molecule has 2 heterocycles. The number of halogens is 3. The van der Waals surface area contributed by atoms with Crippen molar-refractivity contribution >= 4 is 11.8 Å². The van der Waals surface area contributed by atoms with Gasteiger partial charge in [-0.2, -0.15) is 13.2 Å². The minimum absolute atomic E-state index is 0.225. The highest BCUT2D eigenvalue weighted by Gasteiger charge is 2.30. The van der Waals surface area contributed by atoms with E-state index in [4.69, 9.17) is 0 Å². The summed E-state index contributed by atoms with van der Waals surface area (Å²) in [6, 6.07) is 9.57. The molecule has 1 aliphatic rings. The quantitative estimate of drug-likeness (QED) is 0.541. The lowest BCUT2D eigenvalue weighted by Crippen LogP contribution is -2.44. The average molecular weight is 435 g/mol. The zero-order valence-electron chi connectivity index (χ0n) is 18.1. The number of alkyl halides is 3. The maximum atomic E-state index is 12.7. The number of likely N-dealkylation sites (tertiary alicyclic amines) is 1. The fourth-order valence-corrected chi connectivity index (χ4v) is 3.69. The molecule has 6 nitrogen and oxygen atoms in total. The summed E-state index contributed by atoms with van der Waals surface area (Å²) in [5.74, 6) is 1.63. The summed E-state index contributed by atoms with van der Waals surface area (Å²) in [7, 11) is 5.66. The molecule has 0 bridgehead atoms. The molecule has 0 aliphatic carbocycles. The summed E-state index contributed by atoms with van der Waals surface area (Å²) in [4.78, 5) is 12.9. The van der Waals surface area contributed by atoms with Crippen LogP contribution in [0.1, 0.15) is 23.1 Å². The molecule has 0 saturated carbocycles. The van der Waals surface area contributed by atoms with Crippen molar-refractivity contribution in [1.82, 2.24) is 20.5 Å². The lowest BCUT2D eigenvalue weighted by Gasteiger charge is -2.20. The third kappa shape index (κ3) is 6.33. The Morgan fingerprint density at radius 2 is 1.97 bits per heavy atom. The number of aliphatic imine (C=N–C) groups is 1. The van der Waals surface area contributed by atoms with Gasteiger partial charge in [0.15, 0.2) is 5.96 Å². The minimum atomic E-state index is -4.30. The molecule has 168 valence electrons. The van der Waals surface area contributed by atoms with E-state index in [2.05, 4.69) is 25.5 Å². The highest BCUT2D eigenvalue weighted by atomic mass is 19.4. The fourth-order valence-electron chi connectivity index (χ4n) is 3.69. The molecule has 0 radical (unpaired) electrons. The van der Waals surface area contributed by atoms with Crippen molar-refractivity contribution in [2.45, 2.75) is 31.7 Å². The van der Waals surface area contributed by atoms with Crippen LogP contribution in [0.15, 0.2) is 47.6 Å². The summed E-state index contributed by atoms with van der Waals surface area (Å²) in [6.45, 7) is 2.91. The Labute approximate surface area is 181 Å². The lowest BCUT2D eigenvalue weighted by atomic mass is 10.1. The van der Waals surface area contributed by atoms with Gasteiger partial charge in [-0.25, -0.2) is 4.98 Å². The van der Waals surface area contributed by atoms with Gasteiger partial charge in [0.05, 0.1) is 5.56 Å². The molecule has 31 heavy (non-hydrogen) atoms. The van der Waals surface area contributed by atoms with Crippen molar-refractivity contribution in [3.05, 3.63) is 59.3 Å². The van der Waals surface area contributed by atoms with Gasteiger partial charge in [0.1, 0.15) is 5.82 Å². The van der Waals surface area contributed by atoms with Gasteiger partial charge in [-0.05, 0) is 30.2 Å². The van der Waals surface area contributed by atoms with Crippen LogP contribution in [0.2, 0.25) is 0 Å². The average Bonchev–Trinajstić information content (AvgIpc) is 3.17. The van der Waals surface area contributed by atoms with E-state index in [1.165, 1.54) is 0 Å². The third-order valence-electron chi connectivity index (χ3n) is 5.26. The predicted molar refractivity (Wildman–Crippen MR) is 117 cm³/mol. The lowest BCUT2D eigenvalue weighted by molar-refractivity contribution is -0.137. The third-order valence-corrected chi connectivity index (χ3v) is 5.26. The molecule has 0 spiro atoms. The Hall–Kier alpha value is -2.81. The van der Waals surface area contributed by atoms with E-state index in [0.717, 1.165) is 54.5 Å². The number of nitrogens with zero attached hydrogens (tertiary/aromatic N) is 4. The summed E-state index contributed by atoms with van der Waals surface area (Å²) in [5.41, 5.74) is 1.34. The van der Waals surface area contributed by atoms with Crippen LogP contribution >= 0.6 is 0 Å². The molecule has 2 aromatic rings. The summed E-state index contributed by atoms with van der Waals surface area (Å²) in [5, 5.41) is 6.78. The minimum Gasteiger partial charge on any atom is -0.362 e. The second-order valence-corrected chi connectivity index (χ2v) is 7.87. The molecule has 1 aromatic heterocycles. The van der Waals surface area contributed by atoms with Crippen molar-refractivity contribution in [3.63, 3.8) is 0 Å². The number of nitrogens with one attached hydrogen (secondary N) is 2. The first kappa shape index (κ1) is 22.9. The largest absolute Gasteiger partial charge is 0.416 e. The number of aromatic nitrogens is 1. The SMILES string of the molecule is CN=C(NCc1cccnc1N(C)C)NC1CCN(Cc2ccc(C(F)(F)F)cc2)C1. The molecule has 1 atom stereocenters. The van der Waals surface area contributed by atoms with E-state index >= 15 is 0 Å². The van der Waals surface area contributed by atoms with Crippen LogP contribution < -0.4 is 15.5 Å². The van der Waals surface area contributed by atoms with Gasteiger partial charge in [-0.15, -0.1) is 0 Å². The second-order valence-electron chi connectivity index (χ2n) is 7.87. The van der Waals surface area contributed by atoms with Crippen molar-refractivity contribution in [3.8, 4) is 0 Å². The van der Waals surface area contributed by atoms with Gasteiger partial charge < -0.3 is 15.5 Å². The van der Waals surface area contributed by atoms with Gasteiger partial charge in [0.2, 0.25) is 0 Å². The normalized spacial score (nSPS) is 17.6. The Morgan fingerprint density at radius 1 is 1.23 bits per heavy atom. The van der Waals surface area contributed by atoms with Gasteiger partial charge in [-0.1, -0.05) is 18.2 Å². The Morgan fingerprint density at radius 3 is 2.61 bits per heavy atom. The van der Waals surface area contributed by atoms with Crippen LogP contribution in [-0.4, -0.2) is 56.1 Å². The van der Waals surface area contributed by atoms with E-state index in [1.807, 2.05) is 31.1 Å². The molecule has 1 aromatic carbocycles. The highest BCUT2D eigenvalue weighted by Crippen LogP contribution is 2.29. The van der Waals surface area contributed by atoms with Gasteiger partial charge in [-0.3, -0.25) is 9.89 Å². The monoisotopic (exact) mass is 434 g/mol. The van der Waals surface area contributed by atoms with Crippen molar-refractivity contribution in [2.24, 2.45) is 4.99 Å². The summed E-state index contributed by atoms with van der Waals surface area (Å²) in [6.07, 6.45) is -1.58. The first-order valence-corrected chi connectivity index (χ1v) is 10.2. The molecule has 1 unspecified atom stereocenters. The van der Waals surface area contributed by atoms with Gasteiger partial charge in [0, 0.05) is 65.1 Å². The molecule has 1 saturated heterocycles. The first-order chi connectivity index (χ1) is 14.8. The van der Waals surface area contributed by atoms with Gasteiger partial charge >= 0.3 is 6.18 Å². The maximum Gasteiger partial charge on any atom is 0.416 e. The highest BCUT2D eigenvalue weighted by molar-refractivity contribution is 5.80. The Bertz CT molecular complexity index is 880. The number of hydrogen-bond acceptors (Lipinski definition) is 4. The number of rotatable bonds is 6. The first-order valence-electron chi connectivity index (χ1n) is 10.2. The molecule has 1 aliphatic heterocycles. The second kappa shape index (κ2) is 10.00. The van der Waals surface area contributed by atoms with Gasteiger partial charge in [0.25, 0.3) is 0 Å². The molecule has 3 rings (SSSR count). The Balaban J connectivity index is 1.50. The smallest absolute Gasteiger partial charge is 0.362 e. The molecular formula is C22H29F3N6. The van der Waals surface area contributed by atoms with E-state index in [0.29, 0.717) is 13.1 Å². The van der Waals surface area contributed by atoms with Crippen LogP contribution in [0.4, 0.5) is 19.0 Å². The molecule has 2 N–H and O–H groups in total. The number of guanidine groups is 1. The van der Waals surface area contributed by atoms with Crippen LogP contribution in [0.5, 0.6) is 0 Å². The fraction of sp³-hybridized carbons (Fsp3) is 0.455. The van der Waals surface area contributed by atoms with E-state index in [1.54, 1.807) is 25.4 Å². The molecular weight excluding hydrogens is 405 g/mol. The standard InChI is InChI=1S/C22H29F3N6/c1-26-21(28-13-17-5-4-11-27-20(17)30(2)3)29-19-10-12-31(15-19)14-16-6-8-18(9-7-16)22(23,24)25/h4-9,11,19H,10,12-15H2,1-3H3,(H2,26,28,29). The molecule has 0 amide bonds. The van der Waals surface area contributed by atoms with E-state index in [9.17, 15) is 13.2 Å². The number of hydrogen-bond donors (Lipinski definition) is 2. The number of anilines is 1. The van der Waals surface area contributed by atoms with Crippen molar-refractivity contribution < 1.29 is 13.2 Å². The molecule has 9 heteroatoms. The topological polar surface area (TPSA) is 55.8 Å². The van der Waals surface area contributed by atoms with Crippen LogP contribution in [0.3, 0.4) is 0 Å². The number of benzene rings is 1. The maximum absolute atomic E-state index is 12.7. The van der Waals surface area contributed by atoms with Crippen LogP contribution in [0.25, 0.3) is 0 Å². The Kier molecular flexibility index (Phi) is 7.37. The van der Waals surface area contributed by atoms with Crippen LogP contribution in [0, 0.1) is 0 Å². The summed E-state index contributed by atoms with van der Waals surface area (Å²) < 4.78 is 38.2. The van der Waals surface area contributed by atoms with Crippen molar-refractivity contribution in [2.75, 3.05) is 39.1 Å². The number of pyridine rings is 1. The van der Waals surface area contributed by atoms with Crippen LogP contribution in [-0.2, 0) is 19.3 Å². The summed E-state index contributed by atoms with van der Waals surface area (Å²) >= 11 is 0. The van der Waals surface area contributed by atoms with E-state index in [-0.39, 0.29) is 6.04 Å². The molecule has 1 fully saturated rings. The predicted octanol–water partition coefficient (Wildman–Crippen LogP) is 3.11. The zero-order valence-corrected chi connectivity index (χ0v) is 18.1.